The number of hydrogen-bond donors (Lipinski definition) is 0. The van der Waals surface area contributed by atoms with Crippen molar-refractivity contribution in [1.29, 1.82) is 0 Å². The van der Waals surface area contributed by atoms with E-state index >= 15 is 0 Å². The minimum absolute atomic E-state index is 0.155. The van der Waals surface area contributed by atoms with Crippen LogP contribution >= 0.6 is 0 Å². The highest BCUT2D eigenvalue weighted by Gasteiger charge is 2.32. The summed E-state index contributed by atoms with van der Waals surface area (Å²) in [4.78, 5) is 10.9. The zero-order valence-corrected chi connectivity index (χ0v) is 13.3. The molecule has 3 aromatic rings. The SMILES string of the molecule is FC(F)(F)c1ccc(N=c2ccccn2-c2ccc(C(F)(F)F)nc2)cn1. The molecule has 0 aliphatic carbocycles. The van der Waals surface area contributed by atoms with Gasteiger partial charge in [-0.25, -0.2) is 15.0 Å². The van der Waals surface area contributed by atoms with Gasteiger partial charge in [0.25, 0.3) is 0 Å². The van der Waals surface area contributed by atoms with Crippen molar-refractivity contribution < 1.29 is 26.3 Å². The summed E-state index contributed by atoms with van der Waals surface area (Å²) in [6.07, 6.45) is -5.57. The van der Waals surface area contributed by atoms with Gasteiger partial charge in [0.05, 0.1) is 23.8 Å². The van der Waals surface area contributed by atoms with Crippen molar-refractivity contribution in [3.8, 4) is 5.69 Å². The van der Waals surface area contributed by atoms with Crippen LogP contribution in [-0.2, 0) is 12.4 Å². The largest absolute Gasteiger partial charge is 0.433 e. The molecule has 0 spiro atoms. The molecule has 0 fully saturated rings. The van der Waals surface area contributed by atoms with Gasteiger partial charge in [-0.2, -0.15) is 26.3 Å². The molecule has 0 bridgehead atoms. The van der Waals surface area contributed by atoms with Gasteiger partial charge in [0.1, 0.15) is 16.9 Å². The third-order valence-corrected chi connectivity index (χ3v) is 3.44. The number of alkyl halides is 6. The molecule has 3 aromatic heterocycles. The predicted molar refractivity (Wildman–Crippen MR) is 83.0 cm³/mol. The fraction of sp³-hybridized carbons (Fsp3) is 0.118. The lowest BCUT2D eigenvalue weighted by Gasteiger charge is -2.09. The predicted octanol–water partition coefficient (Wildman–Crippen LogP) is 4.54. The van der Waals surface area contributed by atoms with Crippen LogP contribution in [0.15, 0.2) is 66.0 Å². The molecule has 140 valence electrons. The first-order valence-electron chi connectivity index (χ1n) is 7.44. The van der Waals surface area contributed by atoms with Gasteiger partial charge in [-0.3, -0.25) is 0 Å². The lowest BCUT2D eigenvalue weighted by molar-refractivity contribution is -0.141. The summed E-state index contributed by atoms with van der Waals surface area (Å²) in [7, 11) is 0. The summed E-state index contributed by atoms with van der Waals surface area (Å²) < 4.78 is 77.0. The van der Waals surface area contributed by atoms with Crippen molar-refractivity contribution in [2.45, 2.75) is 12.4 Å². The summed E-state index contributed by atoms with van der Waals surface area (Å²) in [5.74, 6) is 0. The first kappa shape index (κ1) is 18.6. The van der Waals surface area contributed by atoms with Crippen LogP contribution in [0.3, 0.4) is 0 Å². The van der Waals surface area contributed by atoms with Gasteiger partial charge in [0.15, 0.2) is 0 Å². The Bertz CT molecular complexity index is 986. The van der Waals surface area contributed by atoms with E-state index < -0.39 is 23.7 Å². The molecule has 0 saturated heterocycles. The molecule has 0 aliphatic heterocycles. The molecular formula is C17H10F6N4. The number of rotatable bonds is 2. The van der Waals surface area contributed by atoms with Gasteiger partial charge in [-0.05, 0) is 36.4 Å². The average molecular weight is 384 g/mol. The molecule has 27 heavy (non-hydrogen) atoms. The summed E-state index contributed by atoms with van der Waals surface area (Å²) in [6, 6.07) is 8.81. The molecule has 3 heterocycles. The van der Waals surface area contributed by atoms with Crippen molar-refractivity contribution in [3.63, 3.8) is 0 Å². The van der Waals surface area contributed by atoms with E-state index in [0.717, 1.165) is 30.6 Å². The second-order valence-electron chi connectivity index (χ2n) is 5.34. The fourth-order valence-corrected chi connectivity index (χ4v) is 2.19. The van der Waals surface area contributed by atoms with E-state index in [1.807, 2.05) is 0 Å². The summed E-state index contributed by atoms with van der Waals surface area (Å²) >= 11 is 0. The Kier molecular flexibility index (Phi) is 4.73. The van der Waals surface area contributed by atoms with E-state index in [1.165, 1.54) is 10.6 Å². The molecule has 0 amide bonds. The fourth-order valence-electron chi connectivity index (χ4n) is 2.19. The van der Waals surface area contributed by atoms with Gasteiger partial charge in [0, 0.05) is 6.20 Å². The normalized spacial score (nSPS) is 13.0. The number of halogens is 6. The third-order valence-electron chi connectivity index (χ3n) is 3.44. The van der Waals surface area contributed by atoms with Crippen LogP contribution in [0.5, 0.6) is 0 Å². The molecule has 10 heteroatoms. The maximum atomic E-state index is 12.6. The van der Waals surface area contributed by atoms with E-state index in [4.69, 9.17) is 0 Å². The number of nitrogens with zero attached hydrogens (tertiary/aromatic N) is 4. The Hall–Kier alpha value is -3.17. The number of pyridine rings is 3. The third kappa shape index (κ3) is 4.33. The van der Waals surface area contributed by atoms with Crippen LogP contribution in [0.2, 0.25) is 0 Å². The monoisotopic (exact) mass is 384 g/mol. The second-order valence-corrected chi connectivity index (χ2v) is 5.34. The molecule has 0 unspecified atom stereocenters. The Morgan fingerprint density at radius 1 is 0.741 bits per heavy atom. The van der Waals surface area contributed by atoms with E-state index in [2.05, 4.69) is 15.0 Å². The summed E-state index contributed by atoms with van der Waals surface area (Å²) in [5, 5.41) is 0. The summed E-state index contributed by atoms with van der Waals surface area (Å²) in [6.45, 7) is 0. The Morgan fingerprint density at radius 3 is 1.89 bits per heavy atom. The molecule has 0 N–H and O–H groups in total. The van der Waals surface area contributed by atoms with Crippen LogP contribution < -0.4 is 5.49 Å². The molecule has 0 radical (unpaired) electrons. The van der Waals surface area contributed by atoms with Crippen molar-refractivity contribution in [3.05, 3.63) is 77.9 Å². The van der Waals surface area contributed by atoms with Gasteiger partial charge >= 0.3 is 12.4 Å². The van der Waals surface area contributed by atoms with E-state index in [-0.39, 0.29) is 11.2 Å². The van der Waals surface area contributed by atoms with Gasteiger partial charge in [-0.1, -0.05) is 6.07 Å². The topological polar surface area (TPSA) is 43.1 Å². The Morgan fingerprint density at radius 2 is 1.37 bits per heavy atom. The highest BCUT2D eigenvalue weighted by atomic mass is 19.4. The molecular weight excluding hydrogens is 374 g/mol. The Balaban J connectivity index is 2.00. The molecule has 0 aromatic carbocycles. The van der Waals surface area contributed by atoms with Crippen molar-refractivity contribution in [1.82, 2.24) is 14.5 Å². The maximum absolute atomic E-state index is 12.6. The van der Waals surface area contributed by atoms with E-state index in [0.29, 0.717) is 5.69 Å². The maximum Gasteiger partial charge on any atom is 0.433 e. The smallest absolute Gasteiger partial charge is 0.300 e. The van der Waals surface area contributed by atoms with Crippen molar-refractivity contribution in [2.24, 2.45) is 4.99 Å². The van der Waals surface area contributed by atoms with Crippen LogP contribution in [0.1, 0.15) is 11.4 Å². The number of aromatic nitrogens is 3. The van der Waals surface area contributed by atoms with Crippen LogP contribution in [0.4, 0.5) is 32.0 Å². The Labute approximate surface area is 148 Å². The van der Waals surface area contributed by atoms with Crippen LogP contribution in [0.25, 0.3) is 5.69 Å². The van der Waals surface area contributed by atoms with Crippen molar-refractivity contribution in [2.75, 3.05) is 0 Å². The number of hydrogen-bond acceptors (Lipinski definition) is 3. The quantitative estimate of drug-likeness (QED) is 0.609. The second kappa shape index (κ2) is 6.86. The lowest BCUT2D eigenvalue weighted by atomic mass is 10.3. The van der Waals surface area contributed by atoms with E-state index in [1.54, 1.807) is 24.4 Å². The zero-order chi connectivity index (χ0) is 19.7. The molecule has 3 rings (SSSR count). The average Bonchev–Trinajstić information content (AvgIpc) is 2.61. The first-order valence-corrected chi connectivity index (χ1v) is 7.44. The highest BCUT2D eigenvalue weighted by molar-refractivity contribution is 5.36. The van der Waals surface area contributed by atoms with Gasteiger partial charge in [-0.15, -0.1) is 0 Å². The molecule has 0 saturated carbocycles. The molecule has 4 nitrogen and oxygen atoms in total. The minimum Gasteiger partial charge on any atom is -0.300 e. The minimum atomic E-state index is -4.56. The molecule has 0 atom stereocenters. The van der Waals surface area contributed by atoms with Crippen molar-refractivity contribution >= 4 is 5.69 Å². The summed E-state index contributed by atoms with van der Waals surface area (Å²) in [5.41, 5.74) is -1.34. The van der Waals surface area contributed by atoms with Gasteiger partial charge in [0.2, 0.25) is 0 Å². The van der Waals surface area contributed by atoms with Crippen LogP contribution in [0, 0.1) is 0 Å². The zero-order valence-electron chi connectivity index (χ0n) is 13.3. The van der Waals surface area contributed by atoms with Gasteiger partial charge < -0.3 is 4.57 Å². The standard InChI is InChI=1S/C17H10F6N4/c18-16(19,20)13-6-4-11(9-24-13)26-15-3-1-2-8-27(15)12-5-7-14(25-10-12)17(21,22)23/h1-10H. The van der Waals surface area contributed by atoms with Crippen LogP contribution in [-0.4, -0.2) is 14.5 Å². The highest BCUT2D eigenvalue weighted by Crippen LogP contribution is 2.28. The van der Waals surface area contributed by atoms with E-state index in [9.17, 15) is 26.3 Å². The lowest BCUT2D eigenvalue weighted by Crippen LogP contribution is -2.18. The molecule has 0 aliphatic rings. The first-order chi connectivity index (χ1) is 12.6.